The van der Waals surface area contributed by atoms with Crippen LogP contribution in [0.4, 0.5) is 10.7 Å². The first-order valence-corrected chi connectivity index (χ1v) is 14.1. The van der Waals surface area contributed by atoms with E-state index in [9.17, 15) is 19.5 Å². The highest BCUT2D eigenvalue weighted by atomic mass is 35.5. The predicted molar refractivity (Wildman–Crippen MR) is 154 cm³/mol. The third kappa shape index (κ3) is 5.64. The molecular formula is C30H33ClN2O4S. The Bertz CT molecular complexity index is 1320. The topological polar surface area (TPSA) is 77.9 Å². The third-order valence-corrected chi connectivity index (χ3v) is 8.52. The van der Waals surface area contributed by atoms with Gasteiger partial charge in [0, 0.05) is 28.9 Å². The van der Waals surface area contributed by atoms with E-state index in [1.54, 1.807) is 30.9 Å². The monoisotopic (exact) mass is 552 g/mol. The summed E-state index contributed by atoms with van der Waals surface area (Å²) in [4.78, 5) is 42.4. The molecule has 0 spiro atoms. The van der Waals surface area contributed by atoms with Crippen LogP contribution < -0.4 is 9.80 Å². The molecule has 1 aromatic heterocycles. The van der Waals surface area contributed by atoms with Gasteiger partial charge in [0.05, 0.1) is 11.3 Å². The lowest BCUT2D eigenvalue weighted by Gasteiger charge is -2.38. The summed E-state index contributed by atoms with van der Waals surface area (Å²) in [6, 6.07) is 16.5. The molecule has 0 unspecified atom stereocenters. The molecule has 0 radical (unpaired) electrons. The first kappa shape index (κ1) is 27.9. The molecule has 0 bridgehead atoms. The van der Waals surface area contributed by atoms with Gasteiger partial charge in [0.1, 0.15) is 5.00 Å². The Balaban J connectivity index is 1.53. The quantitative estimate of drug-likeness (QED) is 0.326. The van der Waals surface area contributed by atoms with Crippen molar-refractivity contribution >= 4 is 51.4 Å². The van der Waals surface area contributed by atoms with Gasteiger partial charge in [-0.2, -0.15) is 0 Å². The number of halogens is 1. The zero-order chi connectivity index (χ0) is 27.6. The summed E-state index contributed by atoms with van der Waals surface area (Å²) < 4.78 is 0. The zero-order valence-electron chi connectivity index (χ0n) is 22.1. The maximum atomic E-state index is 13.7. The minimum atomic E-state index is -0.817. The second-order valence-electron chi connectivity index (χ2n) is 10.4. The van der Waals surface area contributed by atoms with Crippen LogP contribution in [-0.4, -0.2) is 35.5 Å². The third-order valence-electron chi connectivity index (χ3n) is 7.34. The number of fused-ring (bicyclic) bond motifs is 1. The van der Waals surface area contributed by atoms with Gasteiger partial charge in [0.25, 0.3) is 5.91 Å². The van der Waals surface area contributed by atoms with Crippen LogP contribution in [0.3, 0.4) is 0 Å². The Morgan fingerprint density at radius 2 is 1.74 bits per heavy atom. The lowest BCUT2D eigenvalue weighted by molar-refractivity contribution is -0.147. The van der Waals surface area contributed by atoms with Gasteiger partial charge < -0.3 is 10.0 Å². The number of rotatable bonds is 8. The normalized spacial score (nSPS) is 17.1. The molecule has 8 heteroatoms. The number of carbonyl (C=O) groups is 3. The van der Waals surface area contributed by atoms with Gasteiger partial charge in [0.2, 0.25) is 5.91 Å². The molecule has 0 aliphatic carbocycles. The van der Waals surface area contributed by atoms with Gasteiger partial charge >= 0.3 is 5.97 Å². The molecule has 1 N–H and O–H groups in total. The zero-order valence-corrected chi connectivity index (χ0v) is 23.7. The van der Waals surface area contributed by atoms with Gasteiger partial charge in [-0.05, 0) is 106 Å². The number of hydrogen-bond donors (Lipinski definition) is 1. The number of hydrogen-bond acceptors (Lipinski definition) is 4. The van der Waals surface area contributed by atoms with Crippen molar-refractivity contribution < 1.29 is 19.5 Å². The Labute approximate surface area is 232 Å². The molecule has 38 heavy (non-hydrogen) atoms. The van der Waals surface area contributed by atoms with Crippen LogP contribution in [0, 0.1) is 5.41 Å². The van der Waals surface area contributed by atoms with Crippen LogP contribution in [0.25, 0.3) is 0 Å². The number of amides is 2. The first-order chi connectivity index (χ1) is 18.0. The van der Waals surface area contributed by atoms with Crippen molar-refractivity contribution in [2.45, 2.75) is 58.9 Å². The van der Waals surface area contributed by atoms with Crippen molar-refractivity contribution in [1.82, 2.24) is 0 Å². The van der Waals surface area contributed by atoms with Crippen LogP contribution in [-0.2, 0) is 16.0 Å². The molecule has 2 aromatic carbocycles. The van der Waals surface area contributed by atoms with E-state index < -0.39 is 11.4 Å². The van der Waals surface area contributed by atoms with E-state index in [2.05, 4.69) is 0 Å². The van der Waals surface area contributed by atoms with Crippen LogP contribution in [0.2, 0.25) is 5.02 Å². The molecule has 2 atom stereocenters. The molecular weight excluding hydrogens is 520 g/mol. The number of aliphatic carboxylic acids is 1. The average molecular weight is 553 g/mol. The van der Waals surface area contributed by atoms with E-state index in [0.29, 0.717) is 36.4 Å². The van der Waals surface area contributed by atoms with Crippen molar-refractivity contribution in [2.24, 2.45) is 5.41 Å². The smallest absolute Gasteiger partial charge is 0.309 e. The lowest BCUT2D eigenvalue weighted by atomic mass is 9.86. The van der Waals surface area contributed by atoms with Crippen molar-refractivity contribution in [3.05, 3.63) is 81.7 Å². The number of carboxylic acids is 1. The van der Waals surface area contributed by atoms with E-state index >= 15 is 0 Å². The summed E-state index contributed by atoms with van der Waals surface area (Å²) in [6.07, 6.45) is 1.66. The SMILES string of the molecule is CCN(C(=O)[C@H]1C[C@H](C)N(C(=O)c2ccc(CCC(C)(C)C(=O)O)cc2)c2sccc21)c1ccc(Cl)cc1. The molecule has 200 valence electrons. The minimum Gasteiger partial charge on any atom is -0.481 e. The largest absolute Gasteiger partial charge is 0.481 e. The Kier molecular flexibility index (Phi) is 8.28. The van der Waals surface area contributed by atoms with Gasteiger partial charge in [-0.25, -0.2) is 0 Å². The van der Waals surface area contributed by atoms with Crippen molar-refractivity contribution in [1.29, 1.82) is 0 Å². The molecule has 0 fully saturated rings. The van der Waals surface area contributed by atoms with Crippen LogP contribution in [0.1, 0.15) is 67.9 Å². The Morgan fingerprint density at radius 3 is 2.34 bits per heavy atom. The van der Waals surface area contributed by atoms with Gasteiger partial charge in [-0.15, -0.1) is 11.3 Å². The van der Waals surface area contributed by atoms with Gasteiger partial charge in [-0.1, -0.05) is 23.7 Å². The predicted octanol–water partition coefficient (Wildman–Crippen LogP) is 7.02. The van der Waals surface area contributed by atoms with E-state index in [1.807, 2.05) is 66.6 Å². The van der Waals surface area contributed by atoms with Gasteiger partial charge in [-0.3, -0.25) is 19.3 Å². The summed E-state index contributed by atoms with van der Waals surface area (Å²) in [5, 5.41) is 12.7. The molecule has 1 aliphatic rings. The highest BCUT2D eigenvalue weighted by molar-refractivity contribution is 7.14. The van der Waals surface area contributed by atoms with Gasteiger partial charge in [0.15, 0.2) is 0 Å². The average Bonchev–Trinajstić information content (AvgIpc) is 3.38. The number of aryl methyl sites for hydroxylation is 1. The number of carboxylic acid groups (broad SMARTS) is 1. The maximum Gasteiger partial charge on any atom is 0.309 e. The molecule has 2 amide bonds. The number of likely N-dealkylation sites (N-methyl/N-ethyl adjacent to an activating group) is 1. The molecule has 6 nitrogen and oxygen atoms in total. The van der Waals surface area contributed by atoms with Crippen molar-refractivity contribution in [3.63, 3.8) is 0 Å². The maximum absolute atomic E-state index is 13.7. The van der Waals surface area contributed by atoms with E-state index in [4.69, 9.17) is 11.6 Å². The number of thiophene rings is 1. The molecule has 2 heterocycles. The molecule has 1 aliphatic heterocycles. The fourth-order valence-corrected chi connectivity index (χ4v) is 6.06. The van der Waals surface area contributed by atoms with E-state index in [1.165, 1.54) is 11.3 Å². The molecule has 3 aromatic rings. The summed E-state index contributed by atoms with van der Waals surface area (Å²) in [6.45, 7) is 7.91. The summed E-state index contributed by atoms with van der Waals surface area (Å²) in [7, 11) is 0. The second-order valence-corrected chi connectivity index (χ2v) is 11.8. The van der Waals surface area contributed by atoms with Crippen molar-refractivity contribution in [3.8, 4) is 0 Å². The first-order valence-electron chi connectivity index (χ1n) is 12.8. The number of carbonyl (C=O) groups excluding carboxylic acids is 2. The summed E-state index contributed by atoms with van der Waals surface area (Å²) in [5.41, 5.74) is 2.44. The summed E-state index contributed by atoms with van der Waals surface area (Å²) >= 11 is 7.52. The molecule has 0 saturated carbocycles. The summed E-state index contributed by atoms with van der Waals surface area (Å²) in [5.74, 6) is -1.25. The lowest BCUT2D eigenvalue weighted by Crippen LogP contribution is -2.46. The fourth-order valence-electron chi connectivity index (χ4n) is 4.86. The van der Waals surface area contributed by atoms with Crippen LogP contribution in [0.15, 0.2) is 60.0 Å². The van der Waals surface area contributed by atoms with Crippen molar-refractivity contribution in [2.75, 3.05) is 16.3 Å². The van der Waals surface area contributed by atoms with E-state index in [-0.39, 0.29) is 23.8 Å². The van der Waals surface area contributed by atoms with Crippen LogP contribution in [0.5, 0.6) is 0 Å². The number of benzene rings is 2. The molecule has 4 rings (SSSR count). The standard InChI is InChI=1S/C30H33ClN2O4S/c1-5-32(23-12-10-22(31)11-13-23)27(35)25-18-19(2)33(28-24(25)15-17-38-28)26(34)21-8-6-20(7-9-21)14-16-30(3,4)29(36)37/h6-13,15,17,19,25H,5,14,16,18H2,1-4H3,(H,36,37)/t19-,25-/m0/s1. The number of nitrogens with zero attached hydrogens (tertiary/aromatic N) is 2. The second kappa shape index (κ2) is 11.3. The highest BCUT2D eigenvalue weighted by Crippen LogP contribution is 2.44. The number of anilines is 2. The van der Waals surface area contributed by atoms with Crippen LogP contribution >= 0.6 is 22.9 Å². The van der Waals surface area contributed by atoms with E-state index in [0.717, 1.165) is 21.8 Å². The highest BCUT2D eigenvalue weighted by Gasteiger charge is 2.40. The Hall–Kier alpha value is -3.16. The molecule has 0 saturated heterocycles. The Morgan fingerprint density at radius 1 is 1.08 bits per heavy atom. The minimum absolute atomic E-state index is 0.0158. The fraction of sp³-hybridized carbons (Fsp3) is 0.367.